The quantitative estimate of drug-likeness (QED) is 0.510. The molecule has 0 aromatic rings. The second-order valence-electron chi connectivity index (χ2n) is 3.06. The Hall–Kier alpha value is -0.810. The molecule has 0 radical (unpaired) electrons. The average Bonchev–Trinajstić information content (AvgIpc) is 2.14. The summed E-state index contributed by atoms with van der Waals surface area (Å²) in [5.74, 6) is -1.47. The molecule has 3 N–H and O–H groups in total. The summed E-state index contributed by atoms with van der Waals surface area (Å²) in [7, 11) is 0. The summed E-state index contributed by atoms with van der Waals surface area (Å²) in [6.07, 6.45) is 1.76. The van der Waals surface area contributed by atoms with Gasteiger partial charge >= 0.3 is 11.9 Å². The van der Waals surface area contributed by atoms with E-state index in [0.717, 1.165) is 12.8 Å². The van der Waals surface area contributed by atoms with E-state index in [4.69, 9.17) is 15.6 Å². The van der Waals surface area contributed by atoms with Gasteiger partial charge in [0.15, 0.2) is 0 Å². The smallest absolute Gasteiger partial charge is 0.322 e. The van der Waals surface area contributed by atoms with E-state index in [2.05, 4.69) is 0 Å². The number of rotatable bonds is 7. The lowest BCUT2D eigenvalue weighted by atomic mass is 10.2. The zero-order chi connectivity index (χ0) is 11.0. The predicted octanol–water partition coefficient (Wildman–Crippen LogP) is 0.944. The first-order valence-electron chi connectivity index (χ1n) is 4.72. The number of nitrogens with two attached hydrogens (primary N) is 1. The molecule has 0 spiro atoms. The van der Waals surface area contributed by atoms with Gasteiger partial charge in [-0.05, 0) is 12.8 Å². The molecule has 0 rings (SSSR count). The lowest BCUT2D eigenvalue weighted by Crippen LogP contribution is -2.33. The molecule has 1 unspecified atom stereocenters. The van der Waals surface area contributed by atoms with Crippen molar-refractivity contribution in [1.29, 1.82) is 0 Å². The van der Waals surface area contributed by atoms with Gasteiger partial charge in [-0.3, -0.25) is 9.59 Å². The van der Waals surface area contributed by atoms with Crippen LogP contribution in [0.2, 0.25) is 0 Å². The van der Waals surface area contributed by atoms with Crippen molar-refractivity contribution in [2.75, 3.05) is 6.61 Å². The van der Waals surface area contributed by atoms with E-state index in [1.807, 2.05) is 6.92 Å². The fourth-order valence-corrected chi connectivity index (χ4v) is 0.821. The van der Waals surface area contributed by atoms with Crippen LogP contribution in [-0.4, -0.2) is 29.7 Å². The van der Waals surface area contributed by atoms with E-state index in [1.165, 1.54) is 0 Å². The Bertz CT molecular complexity index is 199. The van der Waals surface area contributed by atoms with Crippen molar-refractivity contribution in [3.8, 4) is 0 Å². The summed E-state index contributed by atoms with van der Waals surface area (Å²) in [6, 6.07) is -0.817. The fraction of sp³-hybridized carbons (Fsp3) is 0.778. The van der Waals surface area contributed by atoms with Crippen molar-refractivity contribution in [2.24, 2.45) is 5.73 Å². The van der Waals surface area contributed by atoms with Gasteiger partial charge in [0.2, 0.25) is 0 Å². The maximum Gasteiger partial charge on any atom is 0.322 e. The molecule has 0 amide bonds. The van der Waals surface area contributed by atoms with Crippen LogP contribution in [0.1, 0.15) is 32.6 Å². The van der Waals surface area contributed by atoms with Gasteiger partial charge in [-0.2, -0.15) is 0 Å². The molecule has 6 heteroatoms. The van der Waals surface area contributed by atoms with Crippen LogP contribution in [0, 0.1) is 0 Å². The summed E-state index contributed by atoms with van der Waals surface area (Å²) >= 11 is 0. The third kappa shape index (κ3) is 9.49. The number of carboxylic acid groups (broad SMARTS) is 1. The minimum atomic E-state index is -0.957. The van der Waals surface area contributed by atoms with Gasteiger partial charge in [0, 0.05) is 6.42 Å². The number of aliphatic carboxylic acids is 1. The molecule has 0 aliphatic rings. The number of unbranched alkanes of at least 4 members (excludes halogenated alkanes) is 1. The van der Waals surface area contributed by atoms with E-state index in [9.17, 15) is 9.59 Å². The lowest BCUT2D eigenvalue weighted by molar-refractivity contribution is -0.145. The van der Waals surface area contributed by atoms with Crippen molar-refractivity contribution in [1.82, 2.24) is 0 Å². The van der Waals surface area contributed by atoms with Gasteiger partial charge in [0.05, 0.1) is 6.61 Å². The Morgan fingerprint density at radius 3 is 2.53 bits per heavy atom. The van der Waals surface area contributed by atoms with Gasteiger partial charge in [-0.25, -0.2) is 0 Å². The number of hydrogen-bond acceptors (Lipinski definition) is 4. The van der Waals surface area contributed by atoms with Crippen molar-refractivity contribution in [3.63, 3.8) is 0 Å². The molecule has 0 saturated heterocycles. The Kier molecular flexibility index (Phi) is 10.8. The SMILES string of the molecule is CCCCOC(=O)C(N)CCC(=O)O.Cl. The van der Waals surface area contributed by atoms with Crippen LogP contribution in [0.15, 0.2) is 0 Å². The zero-order valence-corrected chi connectivity index (χ0v) is 9.59. The summed E-state index contributed by atoms with van der Waals surface area (Å²) in [6.45, 7) is 2.34. The highest BCUT2D eigenvalue weighted by Crippen LogP contribution is 1.98. The molecule has 15 heavy (non-hydrogen) atoms. The normalized spacial score (nSPS) is 11.3. The molecule has 0 fully saturated rings. The number of carboxylic acids is 1. The highest BCUT2D eigenvalue weighted by Gasteiger charge is 2.15. The Morgan fingerprint density at radius 2 is 2.07 bits per heavy atom. The fourth-order valence-electron chi connectivity index (χ4n) is 0.821. The maximum atomic E-state index is 11.1. The highest BCUT2D eigenvalue weighted by molar-refractivity contribution is 5.85. The van der Waals surface area contributed by atoms with Crippen LogP contribution < -0.4 is 5.73 Å². The number of esters is 1. The van der Waals surface area contributed by atoms with Crippen LogP contribution in [0.5, 0.6) is 0 Å². The topological polar surface area (TPSA) is 89.6 Å². The number of carbonyl (C=O) groups is 2. The van der Waals surface area contributed by atoms with E-state index >= 15 is 0 Å². The average molecular weight is 240 g/mol. The number of hydrogen-bond donors (Lipinski definition) is 2. The number of carbonyl (C=O) groups excluding carboxylic acids is 1. The van der Waals surface area contributed by atoms with Gasteiger partial charge in [-0.15, -0.1) is 12.4 Å². The van der Waals surface area contributed by atoms with Gasteiger partial charge < -0.3 is 15.6 Å². The van der Waals surface area contributed by atoms with Crippen LogP contribution in [0.3, 0.4) is 0 Å². The van der Waals surface area contributed by atoms with Gasteiger partial charge in [0.1, 0.15) is 6.04 Å². The minimum absolute atomic E-state index is 0. The highest BCUT2D eigenvalue weighted by atomic mass is 35.5. The minimum Gasteiger partial charge on any atom is -0.481 e. The van der Waals surface area contributed by atoms with Crippen molar-refractivity contribution < 1.29 is 19.4 Å². The van der Waals surface area contributed by atoms with Crippen molar-refractivity contribution in [2.45, 2.75) is 38.6 Å². The maximum absolute atomic E-state index is 11.1. The molecule has 0 aromatic heterocycles. The second kappa shape index (κ2) is 9.73. The molecule has 0 saturated carbocycles. The largest absolute Gasteiger partial charge is 0.481 e. The molecule has 0 aliphatic carbocycles. The molecular weight excluding hydrogens is 222 g/mol. The molecule has 90 valence electrons. The molecule has 0 aliphatic heterocycles. The molecule has 0 aromatic carbocycles. The van der Waals surface area contributed by atoms with E-state index in [0.29, 0.717) is 6.61 Å². The van der Waals surface area contributed by atoms with E-state index in [1.54, 1.807) is 0 Å². The second-order valence-corrected chi connectivity index (χ2v) is 3.06. The molecule has 1 atom stereocenters. The Balaban J connectivity index is 0. The predicted molar refractivity (Wildman–Crippen MR) is 58.0 cm³/mol. The number of halogens is 1. The van der Waals surface area contributed by atoms with E-state index in [-0.39, 0.29) is 25.2 Å². The first-order valence-corrected chi connectivity index (χ1v) is 4.72. The van der Waals surface area contributed by atoms with Gasteiger partial charge in [0.25, 0.3) is 0 Å². The van der Waals surface area contributed by atoms with E-state index < -0.39 is 18.0 Å². The van der Waals surface area contributed by atoms with Crippen molar-refractivity contribution in [3.05, 3.63) is 0 Å². The molecule has 0 heterocycles. The van der Waals surface area contributed by atoms with Crippen LogP contribution in [-0.2, 0) is 14.3 Å². The third-order valence-corrected chi connectivity index (χ3v) is 1.71. The zero-order valence-electron chi connectivity index (χ0n) is 8.77. The number of ether oxygens (including phenoxy) is 1. The Labute approximate surface area is 95.4 Å². The summed E-state index contributed by atoms with van der Waals surface area (Å²) in [4.78, 5) is 21.3. The standard InChI is InChI=1S/C9H17NO4.ClH/c1-2-3-6-14-9(13)7(10)4-5-8(11)12;/h7H,2-6,10H2,1H3,(H,11,12);1H. The van der Waals surface area contributed by atoms with Crippen LogP contribution in [0.25, 0.3) is 0 Å². The Morgan fingerprint density at radius 1 is 1.47 bits per heavy atom. The third-order valence-electron chi connectivity index (χ3n) is 1.71. The van der Waals surface area contributed by atoms with Crippen LogP contribution >= 0.6 is 12.4 Å². The summed E-state index contributed by atoms with van der Waals surface area (Å²) < 4.78 is 4.82. The monoisotopic (exact) mass is 239 g/mol. The van der Waals surface area contributed by atoms with Gasteiger partial charge in [-0.1, -0.05) is 13.3 Å². The van der Waals surface area contributed by atoms with Crippen molar-refractivity contribution >= 4 is 24.3 Å². The summed E-state index contributed by atoms with van der Waals surface area (Å²) in [5, 5.41) is 8.35. The first-order chi connectivity index (χ1) is 6.57. The molecular formula is C9H18ClNO4. The molecule has 0 bridgehead atoms. The molecule has 5 nitrogen and oxygen atoms in total. The lowest BCUT2D eigenvalue weighted by Gasteiger charge is -2.09. The van der Waals surface area contributed by atoms with Crippen LogP contribution in [0.4, 0.5) is 0 Å². The first kappa shape index (κ1) is 16.6. The summed E-state index contributed by atoms with van der Waals surface area (Å²) in [5.41, 5.74) is 5.41.